The van der Waals surface area contributed by atoms with Gasteiger partial charge in [0.1, 0.15) is 19.0 Å². The summed E-state index contributed by atoms with van der Waals surface area (Å²) in [5.74, 6) is 1.29. The lowest BCUT2D eigenvalue weighted by molar-refractivity contribution is -0.128. The molecule has 2 heterocycles. The molecule has 0 bridgehead atoms. The van der Waals surface area contributed by atoms with Gasteiger partial charge in [-0.05, 0) is 47.7 Å². The number of sulfonamides is 1. The number of hydrogen-bond donors (Lipinski definition) is 1. The molecule has 2 aromatic carbocycles. The van der Waals surface area contributed by atoms with Crippen LogP contribution in [-0.4, -0.2) is 46.4 Å². The van der Waals surface area contributed by atoms with E-state index in [1.54, 1.807) is 6.07 Å². The van der Waals surface area contributed by atoms with Gasteiger partial charge in [0, 0.05) is 0 Å². The highest BCUT2D eigenvalue weighted by Crippen LogP contribution is 2.39. The van der Waals surface area contributed by atoms with Crippen LogP contribution in [0.4, 0.5) is 5.69 Å². The number of nitrogens with zero attached hydrogens (tertiary/aromatic N) is 1. The third-order valence-corrected chi connectivity index (χ3v) is 6.96. The van der Waals surface area contributed by atoms with Gasteiger partial charge in [-0.2, -0.15) is 0 Å². The van der Waals surface area contributed by atoms with Crippen LogP contribution in [0.15, 0.2) is 36.4 Å². The molecular weight excluding hydrogens is 444 g/mol. The lowest BCUT2D eigenvalue weighted by atomic mass is 9.86. The van der Waals surface area contributed by atoms with Crippen LogP contribution in [0.1, 0.15) is 44.9 Å². The average Bonchev–Trinajstić information content (AvgIpc) is 2.76. The van der Waals surface area contributed by atoms with Gasteiger partial charge in [-0.1, -0.05) is 32.9 Å². The number of rotatable bonds is 4. The van der Waals surface area contributed by atoms with E-state index in [4.69, 9.17) is 14.2 Å². The van der Waals surface area contributed by atoms with Crippen molar-refractivity contribution in [1.29, 1.82) is 0 Å². The van der Waals surface area contributed by atoms with Gasteiger partial charge in [0.25, 0.3) is 5.91 Å². The van der Waals surface area contributed by atoms with Gasteiger partial charge >= 0.3 is 0 Å². The predicted octanol–water partition coefficient (Wildman–Crippen LogP) is 3.16. The summed E-state index contributed by atoms with van der Waals surface area (Å²) < 4.78 is 43.5. The molecule has 0 unspecified atom stereocenters. The minimum atomic E-state index is -3.62. The molecule has 1 N–H and O–H groups in total. The molecule has 0 aromatic heterocycles. The van der Waals surface area contributed by atoms with E-state index in [2.05, 4.69) is 26.1 Å². The normalized spacial score (nSPS) is 18.7. The van der Waals surface area contributed by atoms with Crippen LogP contribution in [0.25, 0.3) is 0 Å². The predicted molar refractivity (Wildman–Crippen MR) is 126 cm³/mol. The molecule has 0 spiro atoms. The summed E-state index contributed by atoms with van der Waals surface area (Å²) in [4.78, 5) is 13.1. The molecule has 0 radical (unpaired) electrons. The third-order valence-electron chi connectivity index (χ3n) is 5.81. The molecule has 9 heteroatoms. The Kier molecular flexibility index (Phi) is 5.94. The number of carbonyl (C=O) groups is 1. The van der Waals surface area contributed by atoms with Crippen molar-refractivity contribution in [2.45, 2.75) is 45.3 Å². The van der Waals surface area contributed by atoms with E-state index in [-0.39, 0.29) is 18.0 Å². The molecule has 33 heavy (non-hydrogen) atoms. The maximum Gasteiger partial charge on any atom is 0.263 e. The summed E-state index contributed by atoms with van der Waals surface area (Å²) in [5, 5.41) is 2.93. The lowest BCUT2D eigenvalue weighted by Gasteiger charge is -2.35. The van der Waals surface area contributed by atoms with Crippen LogP contribution in [-0.2, 0) is 20.2 Å². The smallest absolute Gasteiger partial charge is 0.263 e. The van der Waals surface area contributed by atoms with E-state index >= 15 is 0 Å². The Morgan fingerprint density at radius 2 is 1.73 bits per heavy atom. The van der Waals surface area contributed by atoms with E-state index in [1.165, 1.54) is 4.31 Å². The Morgan fingerprint density at radius 3 is 2.39 bits per heavy atom. The number of carbonyl (C=O) groups excluding carboxylic acids is 1. The van der Waals surface area contributed by atoms with E-state index in [0.29, 0.717) is 36.1 Å². The van der Waals surface area contributed by atoms with Gasteiger partial charge in [-0.25, -0.2) is 8.42 Å². The molecule has 1 amide bonds. The van der Waals surface area contributed by atoms with Gasteiger partial charge in [0.2, 0.25) is 10.0 Å². The molecule has 2 aliphatic rings. The maximum atomic E-state index is 13.1. The van der Waals surface area contributed by atoms with Crippen LogP contribution in [0.2, 0.25) is 0 Å². The van der Waals surface area contributed by atoms with Gasteiger partial charge in [-0.3, -0.25) is 9.10 Å². The van der Waals surface area contributed by atoms with Crippen molar-refractivity contribution in [1.82, 2.24) is 5.32 Å². The van der Waals surface area contributed by atoms with Crippen LogP contribution in [0, 0.1) is 0 Å². The molecule has 0 saturated heterocycles. The topological polar surface area (TPSA) is 94.2 Å². The highest BCUT2D eigenvalue weighted by Gasteiger charge is 2.36. The summed E-state index contributed by atoms with van der Waals surface area (Å²) in [6, 6.07) is 10.6. The number of fused-ring (bicyclic) bond motifs is 2. The van der Waals surface area contributed by atoms with E-state index < -0.39 is 22.0 Å². The van der Waals surface area contributed by atoms with Crippen molar-refractivity contribution in [3.63, 3.8) is 0 Å². The molecule has 8 nitrogen and oxygen atoms in total. The number of anilines is 1. The Hall–Kier alpha value is -2.94. The molecule has 178 valence electrons. The van der Waals surface area contributed by atoms with Crippen molar-refractivity contribution in [2.24, 2.45) is 0 Å². The Bertz CT molecular complexity index is 1170. The number of hydrogen-bond acceptors (Lipinski definition) is 6. The minimum absolute atomic E-state index is 0.0981. The summed E-state index contributed by atoms with van der Waals surface area (Å²) in [7, 11) is -3.62. The number of ether oxygens (including phenoxy) is 3. The molecule has 2 atom stereocenters. The van der Waals surface area contributed by atoms with Crippen molar-refractivity contribution in [3.05, 3.63) is 47.5 Å². The summed E-state index contributed by atoms with van der Waals surface area (Å²) in [6.45, 7) is 8.90. The first-order valence-electron chi connectivity index (χ1n) is 10.9. The molecule has 2 aromatic rings. The van der Waals surface area contributed by atoms with Crippen molar-refractivity contribution < 1.29 is 27.4 Å². The first kappa shape index (κ1) is 23.2. The fourth-order valence-electron chi connectivity index (χ4n) is 3.89. The summed E-state index contributed by atoms with van der Waals surface area (Å²) >= 11 is 0. The SMILES string of the molecule is C[C@H](NC(=O)[C@@H]1CN(S(C)(=O)=O)c2cc(C(C)(C)C)ccc2O1)c1ccc2c(c1)OCCO2. The van der Waals surface area contributed by atoms with E-state index in [1.807, 2.05) is 37.3 Å². The Morgan fingerprint density at radius 1 is 1.06 bits per heavy atom. The minimum Gasteiger partial charge on any atom is -0.486 e. The molecule has 0 fully saturated rings. The largest absolute Gasteiger partial charge is 0.486 e. The average molecular weight is 475 g/mol. The van der Waals surface area contributed by atoms with Crippen molar-refractivity contribution in [2.75, 3.05) is 30.3 Å². The van der Waals surface area contributed by atoms with Gasteiger partial charge in [0.15, 0.2) is 17.6 Å². The lowest BCUT2D eigenvalue weighted by Crippen LogP contribution is -2.50. The zero-order chi connectivity index (χ0) is 24.0. The standard InChI is InChI=1S/C24H30N2O6S/c1-15(16-6-8-20-21(12-16)31-11-10-30-20)25-23(27)22-14-26(33(5,28)29)18-13-17(24(2,3)4)7-9-19(18)32-22/h6-9,12-13,15,22H,10-11,14H2,1-5H3,(H,25,27)/t15-,22-/m0/s1. The second kappa shape index (κ2) is 8.44. The second-order valence-corrected chi connectivity index (χ2v) is 11.4. The van der Waals surface area contributed by atoms with E-state index in [9.17, 15) is 13.2 Å². The highest BCUT2D eigenvalue weighted by atomic mass is 32.2. The monoisotopic (exact) mass is 474 g/mol. The van der Waals surface area contributed by atoms with Gasteiger partial charge < -0.3 is 19.5 Å². The highest BCUT2D eigenvalue weighted by molar-refractivity contribution is 7.92. The molecule has 4 rings (SSSR count). The Balaban J connectivity index is 1.55. The van der Waals surface area contributed by atoms with E-state index in [0.717, 1.165) is 17.4 Å². The number of nitrogens with one attached hydrogen (secondary N) is 1. The first-order chi connectivity index (χ1) is 15.4. The van der Waals surface area contributed by atoms with Crippen LogP contribution < -0.4 is 23.8 Å². The fourth-order valence-corrected chi connectivity index (χ4v) is 4.79. The summed E-state index contributed by atoms with van der Waals surface area (Å²) in [5.41, 5.74) is 2.12. The van der Waals surface area contributed by atoms with Crippen LogP contribution in [0.3, 0.4) is 0 Å². The molecule has 2 aliphatic heterocycles. The molecular formula is C24H30N2O6S. The van der Waals surface area contributed by atoms with Gasteiger partial charge in [-0.15, -0.1) is 0 Å². The third kappa shape index (κ3) is 4.88. The zero-order valence-electron chi connectivity index (χ0n) is 19.5. The summed E-state index contributed by atoms with van der Waals surface area (Å²) in [6.07, 6.45) is 0.158. The van der Waals surface area contributed by atoms with Crippen LogP contribution >= 0.6 is 0 Å². The second-order valence-electron chi connectivity index (χ2n) is 9.47. The van der Waals surface area contributed by atoms with Gasteiger partial charge in [0.05, 0.1) is 24.5 Å². The van der Waals surface area contributed by atoms with Crippen molar-refractivity contribution in [3.8, 4) is 17.2 Å². The molecule has 0 aliphatic carbocycles. The molecule has 0 saturated carbocycles. The quantitative estimate of drug-likeness (QED) is 0.732. The number of benzene rings is 2. The zero-order valence-corrected chi connectivity index (χ0v) is 20.4. The Labute approximate surface area is 194 Å². The first-order valence-corrected chi connectivity index (χ1v) is 12.8. The number of amides is 1. The van der Waals surface area contributed by atoms with Crippen LogP contribution in [0.5, 0.6) is 17.2 Å². The van der Waals surface area contributed by atoms with Crippen molar-refractivity contribution >= 4 is 21.6 Å². The maximum absolute atomic E-state index is 13.1. The fraction of sp³-hybridized carbons (Fsp3) is 0.458.